The summed E-state index contributed by atoms with van der Waals surface area (Å²) >= 11 is 0. The summed E-state index contributed by atoms with van der Waals surface area (Å²) in [6.45, 7) is 1.86. The lowest BCUT2D eigenvalue weighted by atomic mass is 9.90. The van der Waals surface area contributed by atoms with Crippen LogP contribution in [0.2, 0.25) is 0 Å². The number of nitrogens with zero attached hydrogens (tertiary/aromatic N) is 8. The molecule has 12 nitrogen and oxygen atoms in total. The second-order valence-electron chi connectivity index (χ2n) is 12.0. The number of nitriles is 1. The Morgan fingerprint density at radius 1 is 1.04 bits per heavy atom. The van der Waals surface area contributed by atoms with E-state index in [-0.39, 0.29) is 24.2 Å². The summed E-state index contributed by atoms with van der Waals surface area (Å²) in [5.41, 5.74) is 3.42. The van der Waals surface area contributed by atoms with Crippen LogP contribution in [0.25, 0.3) is 11.1 Å². The Morgan fingerprint density at radius 3 is 2.57 bits per heavy atom. The van der Waals surface area contributed by atoms with Gasteiger partial charge in [0, 0.05) is 62.9 Å². The van der Waals surface area contributed by atoms with Crippen molar-refractivity contribution in [2.24, 2.45) is 7.05 Å². The van der Waals surface area contributed by atoms with Crippen LogP contribution in [0.5, 0.6) is 0 Å². The molecule has 2 fully saturated rings. The van der Waals surface area contributed by atoms with E-state index in [9.17, 15) is 10.1 Å². The van der Waals surface area contributed by atoms with Gasteiger partial charge in [-0.05, 0) is 56.2 Å². The van der Waals surface area contributed by atoms with E-state index in [0.29, 0.717) is 36.3 Å². The summed E-state index contributed by atoms with van der Waals surface area (Å²) < 4.78 is 7.18. The Balaban J connectivity index is 1.15. The minimum Gasteiger partial charge on any atom is -0.383 e. The average Bonchev–Trinajstić information content (AvgIpc) is 3.74. The molecule has 0 unspecified atom stereocenters. The van der Waals surface area contributed by atoms with Gasteiger partial charge in [-0.15, -0.1) is 0 Å². The van der Waals surface area contributed by atoms with Gasteiger partial charge in [0.05, 0.1) is 25.0 Å². The molecule has 12 heteroatoms. The number of hydrogen-bond donors (Lipinski definition) is 2. The highest BCUT2D eigenvalue weighted by Crippen LogP contribution is 2.31. The Morgan fingerprint density at radius 2 is 1.87 bits per heavy atom. The van der Waals surface area contributed by atoms with Crippen molar-refractivity contribution in [1.82, 2.24) is 30.0 Å². The normalized spacial score (nSPS) is 19.4. The quantitative estimate of drug-likeness (QED) is 0.254. The van der Waals surface area contributed by atoms with Crippen LogP contribution in [0.3, 0.4) is 0 Å². The van der Waals surface area contributed by atoms with E-state index in [1.807, 2.05) is 60.6 Å². The summed E-state index contributed by atoms with van der Waals surface area (Å²) in [5.74, 6) is 1.80. The number of benzene rings is 1. The Labute approximate surface area is 269 Å². The number of hydrogen-bond acceptors (Lipinski definition) is 9. The van der Waals surface area contributed by atoms with E-state index in [2.05, 4.69) is 31.7 Å². The SMILES string of the molecule is COC[C@@H]1CCCN1c1nc(N[C@H]2CC[C@H](N(C(=O)NCc3ccccc3)c3ccc(-c4cnn(C)c4)cn3)CC2)ncc1C#N. The molecule has 1 aromatic carbocycles. The molecule has 2 N–H and O–H groups in total. The first kappa shape index (κ1) is 31.0. The third-order valence-corrected chi connectivity index (χ3v) is 8.83. The molecule has 1 saturated heterocycles. The minimum absolute atomic E-state index is 0.0255. The van der Waals surface area contributed by atoms with Gasteiger partial charge < -0.3 is 20.3 Å². The van der Waals surface area contributed by atoms with Crippen LogP contribution in [0.1, 0.15) is 49.7 Å². The lowest BCUT2D eigenvalue weighted by molar-refractivity contribution is 0.180. The molecule has 238 valence electrons. The monoisotopic (exact) mass is 620 g/mol. The van der Waals surface area contributed by atoms with E-state index in [1.54, 1.807) is 30.4 Å². The number of methoxy groups -OCH3 is 1. The highest BCUT2D eigenvalue weighted by Gasteiger charge is 2.32. The molecule has 1 atom stereocenters. The Hall–Kier alpha value is -5.02. The van der Waals surface area contributed by atoms with E-state index < -0.39 is 0 Å². The van der Waals surface area contributed by atoms with Crippen molar-refractivity contribution >= 4 is 23.6 Å². The number of rotatable bonds is 10. The van der Waals surface area contributed by atoms with Crippen LogP contribution >= 0.6 is 0 Å². The minimum atomic E-state index is -0.168. The smallest absolute Gasteiger partial charge is 0.323 e. The number of aryl methyl sites for hydroxylation is 1. The van der Waals surface area contributed by atoms with Crippen LogP contribution < -0.4 is 20.4 Å². The van der Waals surface area contributed by atoms with Gasteiger partial charge in [0.15, 0.2) is 5.82 Å². The molecule has 1 aliphatic heterocycles. The lowest BCUT2D eigenvalue weighted by Gasteiger charge is -2.36. The van der Waals surface area contributed by atoms with Crippen LogP contribution in [0, 0.1) is 11.3 Å². The molecule has 2 aliphatic rings. The van der Waals surface area contributed by atoms with Gasteiger partial charge in [0.25, 0.3) is 0 Å². The molecule has 6 rings (SSSR count). The third-order valence-electron chi connectivity index (χ3n) is 8.83. The summed E-state index contributed by atoms with van der Waals surface area (Å²) in [6.07, 6.45) is 12.4. The Kier molecular flexibility index (Phi) is 9.69. The van der Waals surface area contributed by atoms with Crippen LogP contribution in [-0.2, 0) is 18.3 Å². The molecule has 1 aliphatic carbocycles. The number of anilines is 3. The van der Waals surface area contributed by atoms with Crippen molar-refractivity contribution in [2.45, 2.75) is 63.2 Å². The number of amides is 2. The first-order chi connectivity index (χ1) is 22.5. The maximum atomic E-state index is 13.7. The number of ether oxygens (including phenoxy) is 1. The number of nitrogens with one attached hydrogen (secondary N) is 2. The van der Waals surface area contributed by atoms with Gasteiger partial charge >= 0.3 is 6.03 Å². The maximum absolute atomic E-state index is 13.7. The number of pyridine rings is 1. The van der Waals surface area contributed by atoms with Gasteiger partial charge in [-0.25, -0.2) is 14.8 Å². The molecule has 46 heavy (non-hydrogen) atoms. The molecular weight excluding hydrogens is 580 g/mol. The zero-order valence-corrected chi connectivity index (χ0v) is 26.3. The standard InChI is InChI=1S/C34H40N10O2/c1-42-22-27(21-39-42)25-10-15-31(36-19-25)44(34(45)38-18-24-7-4-3-5-8-24)29-13-11-28(12-14-29)40-33-37-20-26(17-35)32(41-33)43-16-6-9-30(43)23-46-2/h3-5,7-8,10,15,19-22,28-30H,6,9,11-14,16,18,23H2,1-2H3,(H,38,45)(H,37,40,41)/t28-,29-,30-/m0/s1. The molecule has 0 bridgehead atoms. The van der Waals surface area contributed by atoms with Gasteiger partial charge in [-0.1, -0.05) is 30.3 Å². The highest BCUT2D eigenvalue weighted by molar-refractivity contribution is 5.91. The van der Waals surface area contributed by atoms with Crippen LogP contribution in [0.15, 0.2) is 67.3 Å². The van der Waals surface area contributed by atoms with Crippen molar-refractivity contribution in [3.8, 4) is 17.2 Å². The van der Waals surface area contributed by atoms with Crippen molar-refractivity contribution in [3.05, 3.63) is 78.4 Å². The van der Waals surface area contributed by atoms with Crippen LogP contribution in [-0.4, -0.2) is 69.2 Å². The molecule has 2 amide bonds. The van der Waals surface area contributed by atoms with Crippen LogP contribution in [0.4, 0.5) is 22.4 Å². The number of carbonyl (C=O) groups is 1. The fraction of sp³-hybridized carbons (Fsp3) is 0.412. The van der Waals surface area contributed by atoms with Gasteiger partial charge in [-0.2, -0.15) is 15.3 Å². The zero-order chi connectivity index (χ0) is 31.9. The average molecular weight is 621 g/mol. The van der Waals surface area contributed by atoms with Crippen molar-refractivity contribution in [1.29, 1.82) is 5.26 Å². The molecule has 4 heterocycles. The fourth-order valence-corrected chi connectivity index (χ4v) is 6.47. The molecular formula is C34H40N10O2. The lowest BCUT2D eigenvalue weighted by Crippen LogP contribution is -2.49. The van der Waals surface area contributed by atoms with E-state index >= 15 is 0 Å². The van der Waals surface area contributed by atoms with E-state index in [1.165, 1.54) is 0 Å². The zero-order valence-electron chi connectivity index (χ0n) is 26.3. The van der Waals surface area contributed by atoms with E-state index in [0.717, 1.165) is 61.8 Å². The summed E-state index contributed by atoms with van der Waals surface area (Å²) in [4.78, 5) is 31.7. The van der Waals surface area contributed by atoms with Crippen molar-refractivity contribution < 1.29 is 9.53 Å². The topological polar surface area (TPSA) is 137 Å². The summed E-state index contributed by atoms with van der Waals surface area (Å²) in [6, 6.07) is 16.2. The van der Waals surface area contributed by atoms with E-state index in [4.69, 9.17) is 14.7 Å². The molecule has 0 radical (unpaired) electrons. The second kappa shape index (κ2) is 14.4. The first-order valence-corrected chi connectivity index (χ1v) is 15.9. The molecule has 4 aromatic rings. The predicted octanol–water partition coefficient (Wildman–Crippen LogP) is 4.90. The highest BCUT2D eigenvalue weighted by atomic mass is 16.5. The maximum Gasteiger partial charge on any atom is 0.323 e. The van der Waals surface area contributed by atoms with Crippen molar-refractivity contribution in [2.75, 3.05) is 35.4 Å². The number of urea groups is 1. The van der Waals surface area contributed by atoms with Gasteiger partial charge in [0.1, 0.15) is 17.5 Å². The summed E-state index contributed by atoms with van der Waals surface area (Å²) in [7, 11) is 3.58. The summed E-state index contributed by atoms with van der Waals surface area (Å²) in [5, 5.41) is 20.6. The predicted molar refractivity (Wildman–Crippen MR) is 176 cm³/mol. The Bertz CT molecular complexity index is 1640. The molecule has 3 aromatic heterocycles. The number of carbonyl (C=O) groups excluding carboxylic acids is 1. The van der Waals surface area contributed by atoms with Gasteiger partial charge in [0.2, 0.25) is 5.95 Å². The molecule has 1 saturated carbocycles. The third kappa shape index (κ3) is 7.10. The second-order valence-corrected chi connectivity index (χ2v) is 12.0. The first-order valence-electron chi connectivity index (χ1n) is 15.9. The number of aromatic nitrogens is 5. The fourth-order valence-electron chi connectivity index (χ4n) is 6.47. The van der Waals surface area contributed by atoms with Gasteiger partial charge in [-0.3, -0.25) is 9.58 Å². The largest absolute Gasteiger partial charge is 0.383 e. The molecule has 0 spiro atoms. The van der Waals surface area contributed by atoms with Crippen molar-refractivity contribution in [3.63, 3.8) is 0 Å².